The Balaban J connectivity index is 1.44. The van der Waals surface area contributed by atoms with E-state index in [0.29, 0.717) is 35.5 Å². The summed E-state index contributed by atoms with van der Waals surface area (Å²) in [5.74, 6) is 0.753. The molecule has 5 heteroatoms. The molecule has 2 aromatic carbocycles. The quantitative estimate of drug-likeness (QED) is 0.633. The van der Waals surface area contributed by atoms with E-state index in [1.807, 2.05) is 59.6 Å². The summed E-state index contributed by atoms with van der Waals surface area (Å²) >= 11 is 0. The fourth-order valence-corrected chi connectivity index (χ4v) is 3.56. The lowest BCUT2D eigenvalue weighted by atomic mass is 9.92. The second-order valence-electron chi connectivity index (χ2n) is 7.04. The van der Waals surface area contributed by atoms with Crippen molar-refractivity contribution >= 4 is 16.6 Å². The lowest BCUT2D eigenvalue weighted by molar-refractivity contribution is 0.197. The van der Waals surface area contributed by atoms with Gasteiger partial charge in [-0.25, -0.2) is 9.37 Å². The first kappa shape index (κ1) is 16.1. The number of hydrogen-bond donors (Lipinski definition) is 0. The minimum atomic E-state index is -0.314. The zero-order valence-corrected chi connectivity index (χ0v) is 14.9. The van der Waals surface area contributed by atoms with Crippen LogP contribution in [0.3, 0.4) is 0 Å². The summed E-state index contributed by atoms with van der Waals surface area (Å²) in [5, 5.41) is 0.760. The first-order valence-electron chi connectivity index (χ1n) is 9.31. The molecule has 0 radical (unpaired) electrons. The Hall–Kier alpha value is -3.08. The number of aromatic nitrogens is 1. The molecule has 0 N–H and O–H groups in total. The number of nitrogens with zero attached hydrogens (tertiary/aromatic N) is 3. The van der Waals surface area contributed by atoms with Crippen molar-refractivity contribution in [2.24, 2.45) is 0 Å². The van der Waals surface area contributed by atoms with Crippen LogP contribution >= 0.6 is 0 Å². The van der Waals surface area contributed by atoms with Crippen molar-refractivity contribution in [3.05, 3.63) is 72.8 Å². The summed E-state index contributed by atoms with van der Waals surface area (Å²) in [7, 11) is 0. The van der Waals surface area contributed by atoms with E-state index >= 15 is 4.39 Å². The number of fused-ring (bicyclic) bond motifs is 1. The van der Waals surface area contributed by atoms with Crippen LogP contribution in [-0.4, -0.2) is 22.6 Å². The molecule has 1 saturated carbocycles. The highest BCUT2D eigenvalue weighted by Gasteiger charge is 2.27. The van der Waals surface area contributed by atoms with Gasteiger partial charge in [0.05, 0.1) is 12.4 Å². The van der Waals surface area contributed by atoms with Gasteiger partial charge >= 0.3 is 0 Å². The summed E-state index contributed by atoms with van der Waals surface area (Å²) < 4.78 is 21.0. The van der Waals surface area contributed by atoms with Gasteiger partial charge in [0.1, 0.15) is 11.3 Å². The Morgan fingerprint density at radius 1 is 0.963 bits per heavy atom. The minimum absolute atomic E-state index is 0.314. The third-order valence-corrected chi connectivity index (χ3v) is 5.33. The molecule has 2 heterocycles. The Kier molecular flexibility index (Phi) is 3.93. The smallest absolute Gasteiger partial charge is 0.219 e. The van der Waals surface area contributed by atoms with E-state index in [1.165, 1.54) is 19.3 Å². The molecular formula is C22H20FN3O. The maximum atomic E-state index is 15.3. The van der Waals surface area contributed by atoms with Crippen LogP contribution < -0.4 is 9.64 Å². The van der Waals surface area contributed by atoms with Crippen LogP contribution in [0.4, 0.5) is 10.1 Å². The average Bonchev–Trinajstić information content (AvgIpc) is 3.11. The van der Waals surface area contributed by atoms with Gasteiger partial charge in [-0.2, -0.15) is 0 Å². The molecule has 0 spiro atoms. The molecule has 1 fully saturated rings. The van der Waals surface area contributed by atoms with Crippen molar-refractivity contribution in [2.75, 3.05) is 11.6 Å². The number of hydrogen-bond acceptors (Lipinski definition) is 4. The topological polar surface area (TPSA) is 28.6 Å². The van der Waals surface area contributed by atoms with Crippen LogP contribution in [0.15, 0.2) is 67.0 Å². The maximum Gasteiger partial charge on any atom is 0.219 e. The van der Waals surface area contributed by atoms with E-state index in [-0.39, 0.29) is 5.82 Å². The first-order chi connectivity index (χ1) is 13.3. The average molecular weight is 361 g/mol. The van der Waals surface area contributed by atoms with Gasteiger partial charge in [0, 0.05) is 29.9 Å². The van der Waals surface area contributed by atoms with E-state index in [4.69, 9.17) is 4.74 Å². The van der Waals surface area contributed by atoms with Gasteiger partial charge in [0.15, 0.2) is 5.82 Å². The van der Waals surface area contributed by atoms with Crippen molar-refractivity contribution in [3.63, 3.8) is 0 Å². The lowest BCUT2D eigenvalue weighted by Crippen LogP contribution is -2.38. The van der Waals surface area contributed by atoms with E-state index in [1.54, 1.807) is 6.07 Å². The Morgan fingerprint density at radius 3 is 2.56 bits per heavy atom. The Labute approximate surface area is 157 Å². The number of benzene rings is 2. The van der Waals surface area contributed by atoms with Crippen LogP contribution in [0.25, 0.3) is 10.9 Å². The summed E-state index contributed by atoms with van der Waals surface area (Å²) in [6.45, 7) is 0.688. The molecule has 3 aromatic rings. The van der Waals surface area contributed by atoms with Crippen molar-refractivity contribution in [2.45, 2.75) is 25.3 Å². The second kappa shape index (κ2) is 6.58. The molecule has 0 saturated heterocycles. The molecule has 1 aromatic heterocycles. The molecule has 0 amide bonds. The van der Waals surface area contributed by atoms with Crippen molar-refractivity contribution in [1.29, 1.82) is 0 Å². The SMILES string of the molecule is Fc1c(N2C=CN(C3CCC3)C2)ccc2ccc(Oc3ccccc3)nc12. The summed E-state index contributed by atoms with van der Waals surface area (Å²) in [4.78, 5) is 8.65. The molecule has 5 rings (SSSR count). The monoisotopic (exact) mass is 361 g/mol. The summed E-state index contributed by atoms with van der Waals surface area (Å²) in [5.41, 5.74) is 0.876. The zero-order valence-electron chi connectivity index (χ0n) is 14.9. The Morgan fingerprint density at radius 2 is 1.78 bits per heavy atom. The molecular weight excluding hydrogens is 341 g/mol. The van der Waals surface area contributed by atoms with Gasteiger partial charge in [0.2, 0.25) is 5.88 Å². The summed E-state index contributed by atoms with van der Waals surface area (Å²) in [6.07, 6.45) is 7.75. The number of halogens is 1. The van der Waals surface area contributed by atoms with Crippen molar-refractivity contribution in [3.8, 4) is 11.6 Å². The highest BCUT2D eigenvalue weighted by Crippen LogP contribution is 2.33. The molecule has 27 heavy (non-hydrogen) atoms. The third kappa shape index (κ3) is 2.99. The van der Waals surface area contributed by atoms with E-state index < -0.39 is 0 Å². The molecule has 4 nitrogen and oxygen atoms in total. The van der Waals surface area contributed by atoms with E-state index in [9.17, 15) is 0 Å². The van der Waals surface area contributed by atoms with Gasteiger partial charge in [-0.05, 0) is 43.5 Å². The predicted octanol–water partition coefficient (Wildman–Crippen LogP) is 5.27. The first-order valence-corrected chi connectivity index (χ1v) is 9.31. The Bertz CT molecular complexity index is 1000. The number of para-hydroxylation sites is 1. The maximum absolute atomic E-state index is 15.3. The van der Waals surface area contributed by atoms with Crippen LogP contribution in [-0.2, 0) is 0 Å². The van der Waals surface area contributed by atoms with Crippen molar-refractivity contribution in [1.82, 2.24) is 9.88 Å². The van der Waals surface area contributed by atoms with E-state index in [0.717, 1.165) is 5.39 Å². The summed E-state index contributed by atoms with van der Waals surface area (Å²) in [6, 6.07) is 17.3. The third-order valence-electron chi connectivity index (χ3n) is 5.33. The zero-order chi connectivity index (χ0) is 18.2. The highest BCUT2D eigenvalue weighted by atomic mass is 19.1. The minimum Gasteiger partial charge on any atom is -0.439 e. The fraction of sp³-hybridized carbons (Fsp3) is 0.227. The molecule has 1 aliphatic carbocycles. The number of anilines is 1. The number of ether oxygens (including phenoxy) is 1. The molecule has 2 aliphatic rings. The van der Waals surface area contributed by atoms with Gasteiger partial charge < -0.3 is 14.5 Å². The second-order valence-corrected chi connectivity index (χ2v) is 7.04. The largest absolute Gasteiger partial charge is 0.439 e. The van der Waals surface area contributed by atoms with Gasteiger partial charge in [-0.3, -0.25) is 0 Å². The standard InChI is InChI=1S/C22H20FN3O/c23-21-19(26-14-13-25(15-26)17-5-4-6-17)11-9-16-10-12-20(24-22(16)21)27-18-7-2-1-3-8-18/h1-3,7-14,17H,4-6,15H2. The normalized spacial score (nSPS) is 16.8. The van der Waals surface area contributed by atoms with Crippen LogP contribution in [0, 0.1) is 5.82 Å². The highest BCUT2D eigenvalue weighted by molar-refractivity contribution is 5.84. The fourth-order valence-electron chi connectivity index (χ4n) is 3.56. The molecule has 0 atom stereocenters. The van der Waals surface area contributed by atoms with Gasteiger partial charge in [0.25, 0.3) is 0 Å². The van der Waals surface area contributed by atoms with Gasteiger partial charge in [-0.1, -0.05) is 24.3 Å². The predicted molar refractivity (Wildman–Crippen MR) is 104 cm³/mol. The lowest BCUT2D eigenvalue weighted by Gasteiger charge is -2.35. The molecule has 136 valence electrons. The van der Waals surface area contributed by atoms with Crippen LogP contribution in [0.5, 0.6) is 11.6 Å². The van der Waals surface area contributed by atoms with Crippen LogP contribution in [0.2, 0.25) is 0 Å². The van der Waals surface area contributed by atoms with Crippen LogP contribution in [0.1, 0.15) is 19.3 Å². The molecule has 1 aliphatic heterocycles. The van der Waals surface area contributed by atoms with Crippen molar-refractivity contribution < 1.29 is 9.13 Å². The van der Waals surface area contributed by atoms with Gasteiger partial charge in [-0.15, -0.1) is 0 Å². The molecule has 0 unspecified atom stereocenters. The number of rotatable bonds is 4. The number of pyridine rings is 1. The van der Waals surface area contributed by atoms with E-state index in [2.05, 4.69) is 16.1 Å². The molecule has 0 bridgehead atoms.